The second-order valence-electron chi connectivity index (χ2n) is 5.44. The van der Waals surface area contributed by atoms with Gasteiger partial charge in [-0.15, -0.1) is 0 Å². The Morgan fingerprint density at radius 2 is 1.78 bits per heavy atom. The first-order chi connectivity index (χ1) is 11.2. The summed E-state index contributed by atoms with van der Waals surface area (Å²) in [4.78, 5) is 13.9. The lowest BCUT2D eigenvalue weighted by atomic mass is 10.2. The summed E-state index contributed by atoms with van der Waals surface area (Å²) in [5.41, 5.74) is 0.891. The van der Waals surface area contributed by atoms with Gasteiger partial charge in [0.25, 0.3) is 0 Å². The van der Waals surface area contributed by atoms with Crippen LogP contribution < -0.4 is 15.0 Å². The highest BCUT2D eigenvalue weighted by Gasteiger charge is 2.12. The summed E-state index contributed by atoms with van der Waals surface area (Å²) in [6, 6.07) is 17.4. The molecular weight excluding hydrogens is 288 g/mol. The molecule has 0 saturated heterocycles. The Balaban J connectivity index is 2.02. The largest absolute Gasteiger partial charge is 0.455 e. The lowest BCUT2D eigenvalue weighted by Crippen LogP contribution is -2.35. The van der Waals surface area contributed by atoms with Crippen molar-refractivity contribution in [2.24, 2.45) is 0 Å². The molecule has 4 heteroatoms. The second kappa shape index (κ2) is 8.83. The van der Waals surface area contributed by atoms with E-state index in [0.717, 1.165) is 36.6 Å². The van der Waals surface area contributed by atoms with Crippen LogP contribution in [0.25, 0.3) is 0 Å². The van der Waals surface area contributed by atoms with Crippen molar-refractivity contribution >= 4 is 11.6 Å². The summed E-state index contributed by atoms with van der Waals surface area (Å²) in [7, 11) is 1.90. The Hall–Kier alpha value is -2.49. The van der Waals surface area contributed by atoms with E-state index in [1.807, 2.05) is 66.5 Å². The molecule has 122 valence electrons. The minimum absolute atomic E-state index is 0.0236. The van der Waals surface area contributed by atoms with Crippen molar-refractivity contribution in [1.29, 1.82) is 0 Å². The van der Waals surface area contributed by atoms with E-state index in [1.54, 1.807) is 0 Å². The molecule has 2 aromatic rings. The lowest BCUT2D eigenvalue weighted by Gasteiger charge is -2.21. The molecule has 0 heterocycles. The summed E-state index contributed by atoms with van der Waals surface area (Å²) in [5, 5.41) is 2.93. The molecule has 0 aliphatic heterocycles. The van der Waals surface area contributed by atoms with Gasteiger partial charge in [0.1, 0.15) is 5.75 Å². The first kappa shape index (κ1) is 16.9. The van der Waals surface area contributed by atoms with Crippen molar-refractivity contribution < 1.29 is 9.53 Å². The highest BCUT2D eigenvalue weighted by atomic mass is 16.5. The molecule has 0 aromatic heterocycles. The number of nitrogens with one attached hydrogen (secondary N) is 1. The van der Waals surface area contributed by atoms with Crippen LogP contribution in [-0.2, 0) is 4.79 Å². The van der Waals surface area contributed by atoms with E-state index in [2.05, 4.69) is 12.2 Å². The molecule has 0 aliphatic carbocycles. The van der Waals surface area contributed by atoms with Crippen LogP contribution in [0, 0.1) is 0 Å². The number of hydrogen-bond donors (Lipinski definition) is 1. The fourth-order valence-electron chi connectivity index (χ4n) is 2.24. The molecule has 2 rings (SSSR count). The van der Waals surface area contributed by atoms with Crippen LogP contribution in [0.1, 0.15) is 19.8 Å². The van der Waals surface area contributed by atoms with Gasteiger partial charge in [-0.1, -0.05) is 43.7 Å². The van der Waals surface area contributed by atoms with Gasteiger partial charge in [0.15, 0.2) is 5.75 Å². The van der Waals surface area contributed by atoms with Crippen molar-refractivity contribution in [1.82, 2.24) is 5.32 Å². The van der Waals surface area contributed by atoms with E-state index in [1.165, 1.54) is 0 Å². The number of para-hydroxylation sites is 3. The van der Waals surface area contributed by atoms with Gasteiger partial charge >= 0.3 is 0 Å². The minimum Gasteiger partial charge on any atom is -0.455 e. The third-order valence-corrected chi connectivity index (χ3v) is 3.48. The average Bonchev–Trinajstić information content (AvgIpc) is 2.56. The van der Waals surface area contributed by atoms with Gasteiger partial charge in [0.2, 0.25) is 5.91 Å². The predicted octanol–water partition coefficient (Wildman–Crippen LogP) is 3.83. The number of ether oxygens (including phenoxy) is 1. The average molecular weight is 312 g/mol. The van der Waals surface area contributed by atoms with Crippen LogP contribution >= 0.6 is 0 Å². The van der Waals surface area contributed by atoms with Crippen LogP contribution in [0.15, 0.2) is 54.6 Å². The fourth-order valence-corrected chi connectivity index (χ4v) is 2.24. The monoisotopic (exact) mass is 312 g/mol. The Bertz CT molecular complexity index is 614. The van der Waals surface area contributed by atoms with Crippen LogP contribution in [0.5, 0.6) is 11.5 Å². The Morgan fingerprint density at radius 1 is 1.09 bits per heavy atom. The maximum Gasteiger partial charge on any atom is 0.239 e. The Labute approximate surface area is 138 Å². The van der Waals surface area contributed by atoms with E-state index >= 15 is 0 Å². The summed E-state index contributed by atoms with van der Waals surface area (Å²) < 4.78 is 5.94. The molecule has 0 aliphatic rings. The fraction of sp³-hybridized carbons (Fsp3) is 0.316. The summed E-state index contributed by atoms with van der Waals surface area (Å²) in [5.74, 6) is 1.54. The van der Waals surface area contributed by atoms with E-state index in [4.69, 9.17) is 4.74 Å². The number of anilines is 1. The molecule has 0 saturated carbocycles. The van der Waals surface area contributed by atoms with Gasteiger partial charge in [-0.05, 0) is 30.7 Å². The highest BCUT2D eigenvalue weighted by Crippen LogP contribution is 2.31. The maximum absolute atomic E-state index is 12.0. The van der Waals surface area contributed by atoms with Gasteiger partial charge in [0, 0.05) is 13.6 Å². The smallest absolute Gasteiger partial charge is 0.239 e. The van der Waals surface area contributed by atoms with Gasteiger partial charge < -0.3 is 15.0 Å². The summed E-state index contributed by atoms with van der Waals surface area (Å²) >= 11 is 0. The molecule has 23 heavy (non-hydrogen) atoms. The molecule has 0 bridgehead atoms. The predicted molar refractivity (Wildman–Crippen MR) is 94.1 cm³/mol. The van der Waals surface area contributed by atoms with Gasteiger partial charge in [-0.25, -0.2) is 0 Å². The number of carbonyl (C=O) groups excluding carboxylic acids is 1. The van der Waals surface area contributed by atoms with E-state index in [-0.39, 0.29) is 5.91 Å². The Kier molecular flexibility index (Phi) is 6.48. The molecule has 4 nitrogen and oxygen atoms in total. The normalized spacial score (nSPS) is 10.2. The number of benzene rings is 2. The second-order valence-corrected chi connectivity index (χ2v) is 5.44. The number of unbranched alkanes of at least 4 members (excludes halogenated alkanes) is 1. The number of nitrogens with zero attached hydrogens (tertiary/aromatic N) is 1. The van der Waals surface area contributed by atoms with Crippen molar-refractivity contribution in [2.45, 2.75) is 19.8 Å². The maximum atomic E-state index is 12.0. The number of carbonyl (C=O) groups is 1. The first-order valence-electron chi connectivity index (χ1n) is 8.00. The molecule has 1 N–H and O–H groups in total. The molecule has 0 atom stereocenters. The zero-order chi connectivity index (χ0) is 16.5. The summed E-state index contributed by atoms with van der Waals surface area (Å²) in [6.07, 6.45) is 2.08. The molecule has 0 fully saturated rings. The van der Waals surface area contributed by atoms with E-state index < -0.39 is 0 Å². The Morgan fingerprint density at radius 3 is 2.52 bits per heavy atom. The topological polar surface area (TPSA) is 41.6 Å². The van der Waals surface area contributed by atoms with Gasteiger partial charge in [-0.2, -0.15) is 0 Å². The third kappa shape index (κ3) is 5.33. The van der Waals surface area contributed by atoms with Crippen molar-refractivity contribution in [3.8, 4) is 11.5 Å². The van der Waals surface area contributed by atoms with E-state index in [9.17, 15) is 4.79 Å². The molecule has 0 spiro atoms. The standard InChI is InChI=1S/C19H24N2O2/c1-3-4-14-20-19(22)15-21(2)17-12-8-9-13-18(17)23-16-10-6-5-7-11-16/h5-13H,3-4,14-15H2,1-2H3,(H,20,22). The first-order valence-corrected chi connectivity index (χ1v) is 8.00. The zero-order valence-electron chi connectivity index (χ0n) is 13.8. The number of amides is 1. The quantitative estimate of drug-likeness (QED) is 0.753. The van der Waals surface area contributed by atoms with Crippen molar-refractivity contribution in [2.75, 3.05) is 25.0 Å². The number of hydrogen-bond acceptors (Lipinski definition) is 3. The molecule has 2 aromatic carbocycles. The minimum atomic E-state index is 0.0236. The van der Waals surface area contributed by atoms with Crippen LogP contribution in [0.2, 0.25) is 0 Å². The van der Waals surface area contributed by atoms with E-state index in [0.29, 0.717) is 6.54 Å². The van der Waals surface area contributed by atoms with Gasteiger partial charge in [-0.3, -0.25) is 4.79 Å². The highest BCUT2D eigenvalue weighted by molar-refractivity contribution is 5.81. The zero-order valence-corrected chi connectivity index (χ0v) is 13.8. The van der Waals surface area contributed by atoms with Crippen LogP contribution in [0.4, 0.5) is 5.69 Å². The van der Waals surface area contributed by atoms with Gasteiger partial charge in [0.05, 0.1) is 12.2 Å². The molecule has 0 radical (unpaired) electrons. The lowest BCUT2D eigenvalue weighted by molar-refractivity contribution is -0.119. The SMILES string of the molecule is CCCCNC(=O)CN(C)c1ccccc1Oc1ccccc1. The number of rotatable bonds is 8. The number of likely N-dealkylation sites (N-methyl/N-ethyl adjacent to an activating group) is 1. The van der Waals surface area contributed by atoms with Crippen LogP contribution in [-0.4, -0.2) is 26.0 Å². The van der Waals surface area contributed by atoms with Crippen molar-refractivity contribution in [3.05, 3.63) is 54.6 Å². The third-order valence-electron chi connectivity index (χ3n) is 3.48. The van der Waals surface area contributed by atoms with Crippen LogP contribution in [0.3, 0.4) is 0 Å². The molecule has 0 unspecified atom stereocenters. The molecule has 1 amide bonds. The van der Waals surface area contributed by atoms with Crippen molar-refractivity contribution in [3.63, 3.8) is 0 Å². The summed E-state index contributed by atoms with van der Waals surface area (Å²) in [6.45, 7) is 3.14. The molecular formula is C19H24N2O2.